The first-order valence-corrected chi connectivity index (χ1v) is 6.94. The minimum atomic E-state index is -4.44. The molecule has 0 bridgehead atoms. The van der Waals surface area contributed by atoms with Crippen molar-refractivity contribution >= 4 is 23.5 Å². The second kappa shape index (κ2) is 6.69. The summed E-state index contributed by atoms with van der Waals surface area (Å²) in [5.74, 6) is -0.426. The van der Waals surface area contributed by atoms with Gasteiger partial charge in [-0.1, -0.05) is 0 Å². The number of rotatable bonds is 3. The fourth-order valence-electron chi connectivity index (χ4n) is 2.08. The van der Waals surface area contributed by atoms with Crippen molar-refractivity contribution in [3.63, 3.8) is 0 Å². The average Bonchev–Trinajstić information content (AvgIpc) is 2.46. The van der Waals surface area contributed by atoms with Crippen molar-refractivity contribution in [2.24, 2.45) is 4.99 Å². The number of hydrogen-bond acceptors (Lipinski definition) is 4. The van der Waals surface area contributed by atoms with Gasteiger partial charge in [0.05, 0.1) is 11.1 Å². The van der Waals surface area contributed by atoms with Gasteiger partial charge in [-0.15, -0.1) is 0 Å². The molecule has 5 nitrogen and oxygen atoms in total. The van der Waals surface area contributed by atoms with Crippen LogP contribution in [0.5, 0.6) is 0 Å². The number of benzene rings is 1. The Kier molecular flexibility index (Phi) is 4.87. The van der Waals surface area contributed by atoms with Crippen LogP contribution in [0.3, 0.4) is 0 Å². The molecule has 1 aromatic carbocycles. The Morgan fingerprint density at radius 3 is 2.38 bits per heavy atom. The first-order valence-electron chi connectivity index (χ1n) is 6.94. The fraction of sp³-hybridized carbons (Fsp3) is 0.188. The van der Waals surface area contributed by atoms with Gasteiger partial charge in [-0.3, -0.25) is 4.79 Å². The van der Waals surface area contributed by atoms with Crippen LogP contribution in [0.15, 0.2) is 52.4 Å². The van der Waals surface area contributed by atoms with E-state index in [0.717, 1.165) is 36.2 Å². The Morgan fingerprint density at radius 1 is 1.25 bits per heavy atom. The van der Waals surface area contributed by atoms with Crippen LogP contribution >= 0.6 is 0 Å². The number of anilines is 1. The highest BCUT2D eigenvalue weighted by atomic mass is 19.4. The summed E-state index contributed by atoms with van der Waals surface area (Å²) < 4.78 is 37.6. The van der Waals surface area contributed by atoms with Gasteiger partial charge in [-0.25, -0.2) is 4.99 Å². The number of hydrogen-bond donors (Lipinski definition) is 3. The summed E-state index contributed by atoms with van der Waals surface area (Å²) in [6, 6.07) is 4.06. The smallest absolute Gasteiger partial charge is 0.343 e. The second-order valence-corrected chi connectivity index (χ2v) is 5.14. The van der Waals surface area contributed by atoms with Gasteiger partial charge in [-0.2, -0.15) is 13.2 Å². The maximum absolute atomic E-state index is 12.5. The number of carbonyl (C=O) groups excluding carboxylic acids is 1. The maximum Gasteiger partial charge on any atom is 0.416 e. The highest BCUT2D eigenvalue weighted by Crippen LogP contribution is 2.29. The Balaban J connectivity index is 2.22. The van der Waals surface area contributed by atoms with Gasteiger partial charge in [0, 0.05) is 23.3 Å². The van der Waals surface area contributed by atoms with Crippen molar-refractivity contribution in [2.45, 2.75) is 20.0 Å². The fourth-order valence-corrected chi connectivity index (χ4v) is 2.08. The van der Waals surface area contributed by atoms with Crippen molar-refractivity contribution in [1.29, 1.82) is 5.41 Å². The molecule has 0 atom stereocenters. The van der Waals surface area contributed by atoms with Gasteiger partial charge in [0.2, 0.25) is 0 Å². The van der Waals surface area contributed by atoms with Gasteiger partial charge < -0.3 is 16.0 Å². The van der Waals surface area contributed by atoms with Crippen LogP contribution in [0.1, 0.15) is 19.4 Å². The molecular formula is C16H15F3N4O. The van der Waals surface area contributed by atoms with E-state index in [2.05, 4.69) is 15.6 Å². The molecule has 1 heterocycles. The average molecular weight is 336 g/mol. The molecule has 1 aliphatic rings. The molecule has 0 aromatic heterocycles. The van der Waals surface area contributed by atoms with Crippen molar-refractivity contribution in [3.8, 4) is 0 Å². The van der Waals surface area contributed by atoms with Gasteiger partial charge in [0.15, 0.2) is 0 Å². The lowest BCUT2D eigenvalue weighted by Gasteiger charge is -2.16. The summed E-state index contributed by atoms with van der Waals surface area (Å²) in [6.45, 7) is 3.53. The monoisotopic (exact) mass is 336 g/mol. The third kappa shape index (κ3) is 4.09. The predicted octanol–water partition coefficient (Wildman–Crippen LogP) is 3.47. The molecule has 1 aromatic rings. The summed E-state index contributed by atoms with van der Waals surface area (Å²) in [4.78, 5) is 16.4. The van der Waals surface area contributed by atoms with Crippen LogP contribution in [0.25, 0.3) is 0 Å². The molecule has 0 unspecified atom stereocenters. The number of carbonyl (C=O) groups is 1. The molecule has 0 saturated carbocycles. The van der Waals surface area contributed by atoms with Crippen LogP contribution in [0.4, 0.5) is 18.9 Å². The van der Waals surface area contributed by atoms with Crippen molar-refractivity contribution in [1.82, 2.24) is 5.32 Å². The van der Waals surface area contributed by atoms with E-state index in [1.165, 1.54) is 0 Å². The number of nitrogens with zero attached hydrogens (tertiary/aromatic N) is 1. The molecule has 126 valence electrons. The molecule has 0 aliphatic carbocycles. The minimum absolute atomic E-state index is 0.0262. The summed E-state index contributed by atoms with van der Waals surface area (Å²) >= 11 is 0. The minimum Gasteiger partial charge on any atom is -0.343 e. The number of alkyl halides is 3. The van der Waals surface area contributed by atoms with Crippen molar-refractivity contribution < 1.29 is 18.0 Å². The van der Waals surface area contributed by atoms with E-state index >= 15 is 0 Å². The van der Waals surface area contributed by atoms with E-state index in [9.17, 15) is 18.0 Å². The number of halogens is 3. The topological polar surface area (TPSA) is 77.3 Å². The lowest BCUT2D eigenvalue weighted by Crippen LogP contribution is -2.24. The van der Waals surface area contributed by atoms with E-state index in [0.29, 0.717) is 5.71 Å². The van der Waals surface area contributed by atoms with Crippen LogP contribution in [-0.4, -0.2) is 17.8 Å². The molecule has 24 heavy (non-hydrogen) atoms. The van der Waals surface area contributed by atoms with Crippen molar-refractivity contribution in [2.75, 3.05) is 5.32 Å². The number of allylic oxidation sites excluding steroid dienone is 2. The highest BCUT2D eigenvalue weighted by molar-refractivity contribution is 6.18. The zero-order chi connectivity index (χ0) is 17.9. The predicted molar refractivity (Wildman–Crippen MR) is 85.9 cm³/mol. The molecular weight excluding hydrogens is 321 g/mol. The third-order valence-corrected chi connectivity index (χ3v) is 3.14. The zero-order valence-corrected chi connectivity index (χ0v) is 13.0. The highest BCUT2D eigenvalue weighted by Gasteiger charge is 2.30. The first-order chi connectivity index (χ1) is 11.2. The second-order valence-electron chi connectivity index (χ2n) is 5.14. The third-order valence-electron chi connectivity index (χ3n) is 3.14. The maximum atomic E-state index is 12.5. The molecule has 8 heteroatoms. The molecule has 0 radical (unpaired) electrons. The standard InChI is InChI=1S/C16H15F3N4O/c1-9-7-10(2)22-14(21-9)13(8-20)15(24)23-12-5-3-11(4-6-12)16(17,18)19/h3-8,20-21H,1-2H3,(H,23,24)/b14-13-,20-8?. The number of nitrogens with one attached hydrogen (secondary N) is 3. The van der Waals surface area contributed by atoms with E-state index < -0.39 is 17.6 Å². The van der Waals surface area contributed by atoms with Gasteiger partial charge in [0.25, 0.3) is 5.91 Å². The zero-order valence-electron chi connectivity index (χ0n) is 13.0. The van der Waals surface area contributed by atoms with E-state index in [4.69, 9.17) is 5.41 Å². The summed E-state index contributed by atoms with van der Waals surface area (Å²) in [5, 5.41) is 12.8. The molecule has 0 saturated heterocycles. The summed E-state index contributed by atoms with van der Waals surface area (Å²) in [6.07, 6.45) is -1.82. The Bertz CT molecular complexity index is 759. The molecule has 3 N–H and O–H groups in total. The molecule has 0 fully saturated rings. The van der Waals surface area contributed by atoms with E-state index in [1.807, 2.05) is 0 Å². The van der Waals surface area contributed by atoms with Crippen molar-refractivity contribution in [3.05, 3.63) is 53.0 Å². The Hall–Kier alpha value is -2.90. The summed E-state index contributed by atoms with van der Waals surface area (Å²) in [7, 11) is 0. The largest absolute Gasteiger partial charge is 0.416 e. The molecule has 1 aliphatic heterocycles. The van der Waals surface area contributed by atoms with Crippen LogP contribution < -0.4 is 10.6 Å². The van der Waals surface area contributed by atoms with Gasteiger partial charge >= 0.3 is 6.18 Å². The van der Waals surface area contributed by atoms with E-state index in [-0.39, 0.29) is 17.1 Å². The number of aliphatic imine (C=N–C) groups is 1. The van der Waals surface area contributed by atoms with Gasteiger partial charge in [0.1, 0.15) is 5.82 Å². The lowest BCUT2D eigenvalue weighted by molar-refractivity contribution is -0.137. The summed E-state index contributed by atoms with van der Waals surface area (Å²) in [5.41, 5.74) is 0.793. The van der Waals surface area contributed by atoms with Crippen LogP contribution in [-0.2, 0) is 11.0 Å². The van der Waals surface area contributed by atoms with Gasteiger partial charge in [-0.05, 0) is 44.2 Å². The Labute approximate surface area is 136 Å². The quantitative estimate of drug-likeness (QED) is 0.584. The number of amides is 1. The lowest BCUT2D eigenvalue weighted by atomic mass is 10.2. The van der Waals surface area contributed by atoms with Crippen LogP contribution in [0, 0.1) is 5.41 Å². The van der Waals surface area contributed by atoms with E-state index in [1.54, 1.807) is 19.9 Å². The molecule has 0 spiro atoms. The SMILES string of the molecule is CC1=CC(C)=N/C(=C(/C=N)C(=O)Nc2ccc(C(F)(F)F)cc2)N1. The normalized spacial score (nSPS) is 16.5. The first kappa shape index (κ1) is 17.5. The molecule has 1 amide bonds. The molecule has 2 rings (SSSR count). The van der Waals surface area contributed by atoms with Crippen LogP contribution in [0.2, 0.25) is 0 Å². The Morgan fingerprint density at radius 2 is 1.88 bits per heavy atom.